The lowest BCUT2D eigenvalue weighted by Gasteiger charge is -2.26. The summed E-state index contributed by atoms with van der Waals surface area (Å²) in [6, 6.07) is 0. The van der Waals surface area contributed by atoms with Crippen molar-refractivity contribution in [3.8, 4) is 0 Å². The number of allylic oxidation sites excluding steroid dienone is 1. The highest BCUT2D eigenvalue weighted by Gasteiger charge is 2.22. The number of hydrogen-bond donors (Lipinski definition) is 0. The molecule has 0 fully saturated rings. The van der Waals surface area contributed by atoms with E-state index in [-0.39, 0.29) is 12.3 Å². The largest absolute Gasteiger partial charge is 0.444 e. The van der Waals surface area contributed by atoms with Crippen molar-refractivity contribution in [2.45, 2.75) is 39.7 Å². The van der Waals surface area contributed by atoms with Gasteiger partial charge in [0, 0.05) is 6.54 Å². The molecule has 0 heterocycles. The molecule has 0 aliphatic rings. The van der Waals surface area contributed by atoms with Crippen LogP contribution >= 0.6 is 0 Å². The molecule has 102 valence electrons. The maximum atomic E-state index is 11.9. The van der Waals surface area contributed by atoms with Gasteiger partial charge in [0.25, 0.3) is 0 Å². The lowest BCUT2D eigenvalue weighted by Crippen LogP contribution is -2.40. The minimum atomic E-state index is -0.562. The van der Waals surface area contributed by atoms with Crippen molar-refractivity contribution in [3.63, 3.8) is 0 Å². The van der Waals surface area contributed by atoms with Crippen LogP contribution in [0, 0.1) is 0 Å². The molecule has 0 spiro atoms. The van der Waals surface area contributed by atoms with Gasteiger partial charge in [-0.25, -0.2) is 4.79 Å². The first-order chi connectivity index (χ1) is 8.30. The number of carbonyl (C=O) groups is 2. The Balaban J connectivity index is 4.60. The van der Waals surface area contributed by atoms with E-state index in [1.54, 1.807) is 39.8 Å². The van der Waals surface area contributed by atoms with E-state index in [1.807, 2.05) is 0 Å². The molecule has 4 heteroatoms. The van der Waals surface area contributed by atoms with Crippen LogP contribution in [0.4, 0.5) is 4.79 Å². The molecule has 0 unspecified atom stereocenters. The number of amides is 1. The molecule has 1 amide bonds. The standard InChI is InChI=1S/C14H23NO3/c1-6-8-10-15(11-12(16)9-7-2)13(17)18-14(3,4)5/h6-7,9H,1,8,10-11H2,2-5H3/b9-7+. The number of ketones is 1. The highest BCUT2D eigenvalue weighted by molar-refractivity contribution is 5.93. The summed E-state index contributed by atoms with van der Waals surface area (Å²) in [5, 5.41) is 0. The molecule has 0 radical (unpaired) electrons. The Bertz CT molecular complexity index is 326. The van der Waals surface area contributed by atoms with Gasteiger partial charge in [-0.3, -0.25) is 4.79 Å². The molecule has 4 nitrogen and oxygen atoms in total. The summed E-state index contributed by atoms with van der Waals surface area (Å²) in [7, 11) is 0. The molecule has 0 rings (SSSR count). The molecular formula is C14H23NO3. The molecule has 0 saturated carbocycles. The van der Waals surface area contributed by atoms with Crippen molar-refractivity contribution in [3.05, 3.63) is 24.8 Å². The highest BCUT2D eigenvalue weighted by atomic mass is 16.6. The SMILES string of the molecule is C=CCCN(CC(=O)/C=C/C)C(=O)OC(C)(C)C. The van der Waals surface area contributed by atoms with Crippen LogP contribution in [0.2, 0.25) is 0 Å². The van der Waals surface area contributed by atoms with Gasteiger partial charge in [0.1, 0.15) is 5.60 Å². The van der Waals surface area contributed by atoms with E-state index in [1.165, 1.54) is 11.0 Å². The molecule has 0 aromatic heterocycles. The molecule has 0 aliphatic heterocycles. The highest BCUT2D eigenvalue weighted by Crippen LogP contribution is 2.10. The molecule has 0 aliphatic carbocycles. The fourth-order valence-corrected chi connectivity index (χ4v) is 1.24. The first kappa shape index (κ1) is 16.4. The number of ether oxygens (including phenoxy) is 1. The Hall–Kier alpha value is -1.58. The zero-order valence-electron chi connectivity index (χ0n) is 11.7. The summed E-state index contributed by atoms with van der Waals surface area (Å²) < 4.78 is 5.25. The molecule has 0 saturated heterocycles. The van der Waals surface area contributed by atoms with Crippen LogP contribution in [-0.4, -0.2) is 35.5 Å². The first-order valence-electron chi connectivity index (χ1n) is 6.04. The van der Waals surface area contributed by atoms with Gasteiger partial charge in [-0.1, -0.05) is 12.2 Å². The minimum Gasteiger partial charge on any atom is -0.444 e. The number of carbonyl (C=O) groups excluding carboxylic acids is 2. The molecule has 0 atom stereocenters. The van der Waals surface area contributed by atoms with Gasteiger partial charge in [-0.2, -0.15) is 0 Å². The van der Waals surface area contributed by atoms with Crippen molar-refractivity contribution in [2.75, 3.05) is 13.1 Å². The van der Waals surface area contributed by atoms with Crippen molar-refractivity contribution in [1.29, 1.82) is 0 Å². The van der Waals surface area contributed by atoms with Gasteiger partial charge >= 0.3 is 6.09 Å². The molecule has 0 bridgehead atoms. The monoisotopic (exact) mass is 253 g/mol. The van der Waals surface area contributed by atoms with Crippen molar-refractivity contribution in [1.82, 2.24) is 4.90 Å². The van der Waals surface area contributed by atoms with Crippen LogP contribution in [0.1, 0.15) is 34.1 Å². The van der Waals surface area contributed by atoms with E-state index in [0.717, 1.165) is 0 Å². The molecular weight excluding hydrogens is 230 g/mol. The van der Waals surface area contributed by atoms with E-state index in [9.17, 15) is 9.59 Å². The molecule has 0 aromatic carbocycles. The van der Waals surface area contributed by atoms with Gasteiger partial charge < -0.3 is 9.64 Å². The Labute approximate surface area is 109 Å². The van der Waals surface area contributed by atoms with E-state index >= 15 is 0 Å². The predicted octanol–water partition coefficient (Wildman–Crippen LogP) is 2.94. The smallest absolute Gasteiger partial charge is 0.410 e. The van der Waals surface area contributed by atoms with Crippen LogP contribution in [0.3, 0.4) is 0 Å². The zero-order chi connectivity index (χ0) is 14.2. The summed E-state index contributed by atoms with van der Waals surface area (Å²) in [5.41, 5.74) is -0.562. The van der Waals surface area contributed by atoms with E-state index in [2.05, 4.69) is 6.58 Å². The summed E-state index contributed by atoms with van der Waals surface area (Å²) in [4.78, 5) is 24.8. The van der Waals surface area contributed by atoms with Crippen LogP contribution in [0.15, 0.2) is 24.8 Å². The maximum absolute atomic E-state index is 11.9. The van der Waals surface area contributed by atoms with Crippen molar-refractivity contribution >= 4 is 11.9 Å². The van der Waals surface area contributed by atoms with Crippen LogP contribution in [-0.2, 0) is 9.53 Å². The topological polar surface area (TPSA) is 46.6 Å². The minimum absolute atomic E-state index is 0.0348. The zero-order valence-corrected chi connectivity index (χ0v) is 11.7. The maximum Gasteiger partial charge on any atom is 0.410 e. The van der Waals surface area contributed by atoms with Crippen LogP contribution in [0.5, 0.6) is 0 Å². The van der Waals surface area contributed by atoms with Gasteiger partial charge in [0.15, 0.2) is 5.78 Å². The summed E-state index contributed by atoms with van der Waals surface area (Å²) in [5.74, 6) is -0.118. The second-order valence-corrected chi connectivity index (χ2v) is 4.95. The van der Waals surface area contributed by atoms with Gasteiger partial charge in [-0.05, 0) is 40.2 Å². The van der Waals surface area contributed by atoms with E-state index < -0.39 is 11.7 Å². The third-order valence-electron chi connectivity index (χ3n) is 1.95. The van der Waals surface area contributed by atoms with Crippen molar-refractivity contribution < 1.29 is 14.3 Å². The quantitative estimate of drug-likeness (QED) is 0.540. The second kappa shape index (κ2) is 7.69. The summed E-state index contributed by atoms with van der Waals surface area (Å²) >= 11 is 0. The number of rotatable bonds is 6. The Morgan fingerprint density at radius 3 is 2.39 bits per heavy atom. The third-order valence-corrected chi connectivity index (χ3v) is 1.95. The van der Waals surface area contributed by atoms with Crippen LogP contribution in [0.25, 0.3) is 0 Å². The molecule has 0 N–H and O–H groups in total. The van der Waals surface area contributed by atoms with Crippen LogP contribution < -0.4 is 0 Å². The predicted molar refractivity (Wildman–Crippen MR) is 72.4 cm³/mol. The first-order valence-corrected chi connectivity index (χ1v) is 6.04. The Kier molecular flexibility index (Phi) is 7.01. The molecule has 18 heavy (non-hydrogen) atoms. The molecule has 0 aromatic rings. The Morgan fingerprint density at radius 2 is 1.94 bits per heavy atom. The summed E-state index contributed by atoms with van der Waals surface area (Å²) in [6.07, 6.45) is 4.97. The average Bonchev–Trinajstić information content (AvgIpc) is 2.21. The fraction of sp³-hybridized carbons (Fsp3) is 0.571. The lowest BCUT2D eigenvalue weighted by atomic mass is 10.2. The van der Waals surface area contributed by atoms with Crippen molar-refractivity contribution in [2.24, 2.45) is 0 Å². The Morgan fingerprint density at radius 1 is 1.33 bits per heavy atom. The van der Waals surface area contributed by atoms with Gasteiger partial charge in [0.2, 0.25) is 0 Å². The normalized spacial score (nSPS) is 11.3. The number of nitrogens with zero attached hydrogens (tertiary/aromatic N) is 1. The van der Waals surface area contributed by atoms with E-state index in [0.29, 0.717) is 13.0 Å². The average molecular weight is 253 g/mol. The lowest BCUT2D eigenvalue weighted by molar-refractivity contribution is -0.115. The summed E-state index contributed by atoms with van der Waals surface area (Å²) in [6.45, 7) is 11.2. The van der Waals surface area contributed by atoms with Gasteiger partial charge in [0.05, 0.1) is 6.54 Å². The van der Waals surface area contributed by atoms with Gasteiger partial charge in [-0.15, -0.1) is 6.58 Å². The second-order valence-electron chi connectivity index (χ2n) is 4.95. The van der Waals surface area contributed by atoms with E-state index in [4.69, 9.17) is 4.74 Å². The number of hydrogen-bond acceptors (Lipinski definition) is 3. The third kappa shape index (κ3) is 7.65. The fourth-order valence-electron chi connectivity index (χ4n) is 1.24.